The van der Waals surface area contributed by atoms with Gasteiger partial charge < -0.3 is 15.4 Å². The molecule has 1 saturated heterocycles. The summed E-state index contributed by atoms with van der Waals surface area (Å²) in [5.41, 5.74) is 3.59. The SMILES string of the molecule is Cc1ccc2c(c1)[C@H]1C[C@@](C)(O2)N(c2cccc(C(=O)NCCc3ccccc3)c2)C(=O)N1. The molecule has 0 aromatic heterocycles. The number of aryl methyl sites for hydroxylation is 1. The van der Waals surface area contributed by atoms with Crippen LogP contribution in [0.2, 0.25) is 0 Å². The second kappa shape index (κ2) is 8.28. The fourth-order valence-electron chi connectivity index (χ4n) is 4.74. The highest BCUT2D eigenvalue weighted by atomic mass is 16.5. The van der Waals surface area contributed by atoms with Crippen LogP contribution in [0, 0.1) is 6.92 Å². The predicted molar refractivity (Wildman–Crippen MR) is 128 cm³/mol. The summed E-state index contributed by atoms with van der Waals surface area (Å²) in [5, 5.41) is 6.08. The van der Waals surface area contributed by atoms with Gasteiger partial charge in [0, 0.05) is 24.1 Å². The molecule has 2 N–H and O–H groups in total. The summed E-state index contributed by atoms with van der Waals surface area (Å²) in [5.74, 6) is 0.609. The lowest BCUT2D eigenvalue weighted by molar-refractivity contribution is 0.0378. The molecule has 2 heterocycles. The third-order valence-electron chi connectivity index (χ3n) is 6.34. The highest BCUT2D eigenvalue weighted by Crippen LogP contribution is 2.45. The highest BCUT2D eigenvalue weighted by Gasteiger charge is 2.49. The molecule has 1 fully saturated rings. The van der Waals surface area contributed by atoms with Gasteiger partial charge in [-0.3, -0.25) is 9.69 Å². The minimum atomic E-state index is -0.850. The molecule has 33 heavy (non-hydrogen) atoms. The molecule has 0 saturated carbocycles. The van der Waals surface area contributed by atoms with Crippen LogP contribution in [-0.4, -0.2) is 24.2 Å². The molecule has 2 bridgehead atoms. The van der Waals surface area contributed by atoms with E-state index < -0.39 is 5.72 Å². The Kier molecular flexibility index (Phi) is 5.29. The van der Waals surface area contributed by atoms with E-state index in [2.05, 4.69) is 16.7 Å². The van der Waals surface area contributed by atoms with E-state index in [1.807, 2.05) is 62.4 Å². The van der Waals surface area contributed by atoms with Crippen molar-refractivity contribution in [3.63, 3.8) is 0 Å². The Morgan fingerprint density at radius 1 is 1.12 bits per heavy atom. The quantitative estimate of drug-likeness (QED) is 0.601. The molecule has 2 atom stereocenters. The number of hydrogen-bond donors (Lipinski definition) is 2. The Hall–Kier alpha value is -3.80. The molecule has 3 aromatic rings. The minimum absolute atomic E-state index is 0.105. The van der Waals surface area contributed by atoms with Gasteiger partial charge in [0.05, 0.1) is 11.7 Å². The zero-order chi connectivity index (χ0) is 23.0. The largest absolute Gasteiger partial charge is 0.467 e. The molecule has 6 heteroatoms. The summed E-state index contributed by atoms with van der Waals surface area (Å²) in [7, 11) is 0. The standard InChI is InChI=1S/C27H27N3O3/c1-18-11-12-24-22(15-18)23-17-27(2,33-24)30(26(32)29-23)21-10-6-9-20(16-21)25(31)28-14-13-19-7-4-3-5-8-19/h3-12,15-16,23H,13-14,17H2,1-2H3,(H,28,31)(H,29,32)/t23-,27-/m1/s1. The molecule has 0 unspecified atom stereocenters. The summed E-state index contributed by atoms with van der Waals surface area (Å²) < 4.78 is 6.36. The number of nitrogens with zero attached hydrogens (tertiary/aromatic N) is 1. The topological polar surface area (TPSA) is 70.7 Å². The molecule has 3 aromatic carbocycles. The molecule has 2 aliphatic heterocycles. The Morgan fingerprint density at radius 3 is 2.76 bits per heavy atom. The van der Waals surface area contributed by atoms with Crippen LogP contribution in [0.15, 0.2) is 72.8 Å². The van der Waals surface area contributed by atoms with E-state index >= 15 is 0 Å². The van der Waals surface area contributed by atoms with Gasteiger partial charge in [-0.05, 0) is 50.1 Å². The van der Waals surface area contributed by atoms with Gasteiger partial charge in [-0.25, -0.2) is 4.79 Å². The first-order valence-electron chi connectivity index (χ1n) is 11.3. The van der Waals surface area contributed by atoms with Gasteiger partial charge in [0.2, 0.25) is 0 Å². The van der Waals surface area contributed by atoms with E-state index in [-0.39, 0.29) is 18.0 Å². The zero-order valence-corrected chi connectivity index (χ0v) is 18.8. The fourth-order valence-corrected chi connectivity index (χ4v) is 4.74. The molecule has 0 spiro atoms. The second-order valence-electron chi connectivity index (χ2n) is 8.90. The maximum Gasteiger partial charge on any atom is 0.325 e. The van der Waals surface area contributed by atoms with E-state index in [1.165, 1.54) is 5.56 Å². The number of benzene rings is 3. The first kappa shape index (κ1) is 21.1. The van der Waals surface area contributed by atoms with Crippen LogP contribution >= 0.6 is 0 Å². The first-order chi connectivity index (χ1) is 15.9. The lowest BCUT2D eigenvalue weighted by Crippen LogP contribution is -2.65. The summed E-state index contributed by atoms with van der Waals surface area (Å²) in [6.45, 7) is 4.49. The zero-order valence-electron chi connectivity index (χ0n) is 18.8. The van der Waals surface area contributed by atoms with Gasteiger partial charge in [-0.15, -0.1) is 0 Å². The van der Waals surface area contributed by atoms with Gasteiger partial charge in [0.1, 0.15) is 5.75 Å². The van der Waals surface area contributed by atoms with Crippen LogP contribution in [0.3, 0.4) is 0 Å². The Bertz CT molecular complexity index is 1210. The summed E-state index contributed by atoms with van der Waals surface area (Å²) in [4.78, 5) is 27.6. The van der Waals surface area contributed by atoms with Crippen molar-refractivity contribution in [1.29, 1.82) is 0 Å². The predicted octanol–water partition coefficient (Wildman–Crippen LogP) is 4.74. The van der Waals surface area contributed by atoms with Gasteiger partial charge >= 0.3 is 6.03 Å². The van der Waals surface area contributed by atoms with E-state index in [4.69, 9.17) is 4.74 Å². The Balaban J connectivity index is 1.35. The molecular formula is C27H27N3O3. The third-order valence-corrected chi connectivity index (χ3v) is 6.34. The van der Waals surface area contributed by atoms with Crippen LogP contribution < -0.4 is 20.3 Å². The van der Waals surface area contributed by atoms with Crippen molar-refractivity contribution in [3.05, 3.63) is 95.1 Å². The number of amides is 3. The number of ether oxygens (including phenoxy) is 1. The maximum absolute atomic E-state index is 13.2. The summed E-state index contributed by atoms with van der Waals surface area (Å²) in [6, 6.07) is 22.9. The van der Waals surface area contributed by atoms with Crippen molar-refractivity contribution in [3.8, 4) is 5.75 Å². The van der Waals surface area contributed by atoms with Crippen LogP contribution in [0.4, 0.5) is 10.5 Å². The second-order valence-corrected chi connectivity index (χ2v) is 8.90. The number of carbonyl (C=O) groups excluding carboxylic acids is 2. The minimum Gasteiger partial charge on any atom is -0.467 e. The van der Waals surface area contributed by atoms with Crippen molar-refractivity contribution in [2.24, 2.45) is 0 Å². The van der Waals surface area contributed by atoms with Crippen LogP contribution in [0.25, 0.3) is 0 Å². The number of carbonyl (C=O) groups is 2. The first-order valence-corrected chi connectivity index (χ1v) is 11.3. The number of hydrogen-bond acceptors (Lipinski definition) is 3. The van der Waals surface area contributed by atoms with E-state index in [0.29, 0.717) is 24.2 Å². The molecule has 3 amide bonds. The van der Waals surface area contributed by atoms with Gasteiger partial charge in [0.25, 0.3) is 5.91 Å². The van der Waals surface area contributed by atoms with Crippen LogP contribution in [-0.2, 0) is 6.42 Å². The van der Waals surface area contributed by atoms with Crippen molar-refractivity contribution in [1.82, 2.24) is 10.6 Å². The lowest BCUT2D eigenvalue weighted by atomic mass is 9.89. The van der Waals surface area contributed by atoms with E-state index in [9.17, 15) is 9.59 Å². The molecule has 2 aliphatic rings. The molecule has 0 aliphatic carbocycles. The maximum atomic E-state index is 13.2. The summed E-state index contributed by atoms with van der Waals surface area (Å²) >= 11 is 0. The van der Waals surface area contributed by atoms with Crippen LogP contribution in [0.5, 0.6) is 5.75 Å². The monoisotopic (exact) mass is 441 g/mol. The molecule has 6 nitrogen and oxygen atoms in total. The average Bonchev–Trinajstić information content (AvgIpc) is 2.80. The van der Waals surface area contributed by atoms with Gasteiger partial charge in [-0.1, -0.05) is 54.1 Å². The van der Waals surface area contributed by atoms with Crippen molar-refractivity contribution >= 4 is 17.6 Å². The van der Waals surface area contributed by atoms with Crippen molar-refractivity contribution < 1.29 is 14.3 Å². The van der Waals surface area contributed by atoms with Crippen LogP contribution in [0.1, 0.15) is 46.4 Å². The lowest BCUT2D eigenvalue weighted by Gasteiger charge is -2.50. The molecule has 5 rings (SSSR count). The number of anilines is 1. The molecule has 168 valence electrons. The fraction of sp³-hybridized carbons (Fsp3) is 0.259. The Labute approximate surface area is 193 Å². The third kappa shape index (κ3) is 4.04. The van der Waals surface area contributed by atoms with E-state index in [1.54, 1.807) is 23.1 Å². The number of urea groups is 1. The molecular weight excluding hydrogens is 414 g/mol. The normalized spacial score (nSPS) is 21.0. The van der Waals surface area contributed by atoms with Gasteiger partial charge in [0.15, 0.2) is 5.72 Å². The highest BCUT2D eigenvalue weighted by molar-refractivity contribution is 5.99. The van der Waals surface area contributed by atoms with E-state index in [0.717, 1.165) is 23.3 Å². The molecule has 0 radical (unpaired) electrons. The number of nitrogens with one attached hydrogen (secondary N) is 2. The average molecular weight is 442 g/mol. The van der Waals surface area contributed by atoms with Gasteiger partial charge in [-0.2, -0.15) is 0 Å². The number of fused-ring (bicyclic) bond motifs is 4. The van der Waals surface area contributed by atoms with Crippen molar-refractivity contribution in [2.75, 3.05) is 11.4 Å². The van der Waals surface area contributed by atoms with Crippen molar-refractivity contribution in [2.45, 2.75) is 38.5 Å². The Morgan fingerprint density at radius 2 is 1.94 bits per heavy atom. The smallest absolute Gasteiger partial charge is 0.325 e. The summed E-state index contributed by atoms with van der Waals surface area (Å²) in [6.07, 6.45) is 1.37. The number of rotatable bonds is 5.